The molecule has 16 heteroatoms. The first-order chi connectivity index (χ1) is 8.05. The van der Waals surface area contributed by atoms with E-state index in [0.29, 0.717) is 0 Å². The molecule has 0 aromatic rings. The van der Waals surface area contributed by atoms with Crippen molar-refractivity contribution in [1.82, 2.24) is 0 Å². The molecule has 0 atom stereocenters. The summed E-state index contributed by atoms with van der Waals surface area (Å²) >= 11 is 0. The summed E-state index contributed by atoms with van der Waals surface area (Å²) in [7, 11) is -17.2. The van der Waals surface area contributed by atoms with E-state index in [1.807, 2.05) is 0 Å². The van der Waals surface area contributed by atoms with Crippen molar-refractivity contribution in [2.45, 2.75) is 11.0 Å². The molecule has 0 saturated heterocycles. The van der Waals surface area contributed by atoms with Gasteiger partial charge in [0, 0.05) is 3.39 Å². The van der Waals surface area contributed by atoms with E-state index in [9.17, 15) is 43.2 Å². The van der Waals surface area contributed by atoms with Gasteiger partial charge < -0.3 is 10.0 Å². The van der Waals surface area contributed by atoms with E-state index in [1.165, 1.54) is 0 Å². The number of sulfonamides is 2. The zero-order valence-electron chi connectivity index (χ0n) is 8.21. The summed E-state index contributed by atoms with van der Waals surface area (Å²) in [5.74, 6) is 0. The average Bonchev–Trinajstić information content (AvgIpc) is 2.09. The molecule has 0 rings (SSSR count). The summed E-state index contributed by atoms with van der Waals surface area (Å²) in [4.78, 5) is 0. The molecule has 0 aliphatic carbocycles. The first-order valence-electron chi connectivity index (χ1n) is 3.68. The number of nitrogens with zero attached hydrogens (tertiary/aromatic N) is 1. The van der Waals surface area contributed by atoms with Crippen LogP contribution in [-0.2, 0) is 20.0 Å². The van der Waals surface area contributed by atoms with Crippen LogP contribution in [0.5, 0.6) is 0 Å². The van der Waals surface area contributed by atoms with E-state index in [2.05, 4.69) is 0 Å². The lowest BCUT2D eigenvalue weighted by Crippen LogP contribution is -2.45. The van der Waals surface area contributed by atoms with Gasteiger partial charge >= 0.3 is 38.2 Å². The molecule has 0 bridgehead atoms. The maximum absolute atomic E-state index is 12.0. The molecule has 19 heavy (non-hydrogen) atoms. The van der Waals surface area contributed by atoms with Gasteiger partial charge in [-0.1, -0.05) is 0 Å². The molecule has 2 N–H and O–H groups in total. The van der Waals surface area contributed by atoms with Crippen molar-refractivity contribution in [3.63, 3.8) is 0 Å². The third-order valence-electron chi connectivity index (χ3n) is 1.31. The highest BCUT2D eigenvalue weighted by atomic mass is 32.3. The van der Waals surface area contributed by atoms with Gasteiger partial charge in [-0.05, 0) is 0 Å². The van der Waals surface area contributed by atoms with E-state index in [4.69, 9.17) is 10.0 Å². The maximum Gasteiger partial charge on any atom is 0.561 e. The zero-order chi connectivity index (χ0) is 15.9. The van der Waals surface area contributed by atoms with Crippen LogP contribution in [0.3, 0.4) is 0 Å². The topological polar surface area (TPSA) is 112 Å². The van der Waals surface area contributed by atoms with Gasteiger partial charge in [-0.3, -0.25) is 0 Å². The van der Waals surface area contributed by atoms with E-state index in [1.54, 1.807) is 0 Å². The Labute approximate surface area is 102 Å². The van der Waals surface area contributed by atoms with Gasteiger partial charge in [0.1, 0.15) is 0 Å². The van der Waals surface area contributed by atoms with Crippen LogP contribution in [0.25, 0.3) is 0 Å². The highest BCUT2D eigenvalue weighted by molar-refractivity contribution is 7.98. The van der Waals surface area contributed by atoms with Crippen LogP contribution in [0.2, 0.25) is 0 Å². The predicted octanol–water partition coefficient (Wildman–Crippen LogP) is -1.22. The maximum atomic E-state index is 12.0. The summed E-state index contributed by atoms with van der Waals surface area (Å²) in [6.45, 7) is 0. The fourth-order valence-electron chi connectivity index (χ4n) is 0.602. The minimum Gasteiger partial charge on any atom is -0.420 e. The number of hydrogen-bond donors (Lipinski definition) is 2. The van der Waals surface area contributed by atoms with Crippen LogP contribution in [0.1, 0.15) is 0 Å². The van der Waals surface area contributed by atoms with E-state index >= 15 is 0 Å². The third kappa shape index (κ3) is 3.57. The van der Waals surface area contributed by atoms with Crippen molar-refractivity contribution >= 4 is 33.3 Å². The molecular formula is C3H3BF6NO6S2+. The monoisotopic (exact) mass is 338 g/mol. The predicted molar refractivity (Wildman–Crippen MR) is 46.5 cm³/mol. The van der Waals surface area contributed by atoms with E-state index < -0.39 is 47.7 Å². The minimum atomic E-state index is -7.02. The lowest BCUT2D eigenvalue weighted by molar-refractivity contribution is -0.225. The molecule has 0 aromatic carbocycles. The second kappa shape index (κ2) is 4.91. The number of halogens is 6. The Morgan fingerprint density at radius 2 is 1.11 bits per heavy atom. The minimum absolute atomic E-state index is 1.08. The van der Waals surface area contributed by atoms with Crippen LogP contribution in [0.15, 0.2) is 0 Å². The molecule has 0 amide bonds. The van der Waals surface area contributed by atoms with Crippen molar-refractivity contribution in [3.05, 3.63) is 0 Å². The van der Waals surface area contributed by atoms with E-state index in [-0.39, 0.29) is 0 Å². The van der Waals surface area contributed by atoms with Crippen LogP contribution in [-0.4, -0.2) is 54.5 Å². The smallest absolute Gasteiger partial charge is 0.420 e. The fraction of sp³-hybridized carbons (Fsp3) is 0.667. The number of alkyl halides is 6. The molecule has 0 aliphatic heterocycles. The Morgan fingerprint density at radius 1 is 0.842 bits per heavy atom. The molecule has 0 radical (unpaired) electrons. The molecule has 0 saturated carbocycles. The molecule has 0 heterocycles. The Hall–Kier alpha value is -0.865. The quantitative estimate of drug-likeness (QED) is 0.289. The van der Waals surface area contributed by atoms with Gasteiger partial charge in [-0.2, -0.15) is 43.2 Å². The van der Waals surface area contributed by atoms with Crippen molar-refractivity contribution in [1.29, 1.82) is 0 Å². The van der Waals surface area contributed by atoms with Crippen LogP contribution in [0, 0.1) is 0 Å². The summed E-state index contributed by atoms with van der Waals surface area (Å²) < 4.78 is 112. The lowest BCUT2D eigenvalue weighted by Gasteiger charge is -2.08. The zero-order valence-corrected chi connectivity index (χ0v) is 9.85. The van der Waals surface area contributed by atoms with Gasteiger partial charge in [-0.15, -0.1) is 0 Å². The number of hydrogen-bond acceptors (Lipinski definition) is 6. The van der Waals surface area contributed by atoms with Gasteiger partial charge in [-0.25, -0.2) is 0 Å². The highest BCUT2D eigenvalue weighted by Crippen LogP contribution is 2.31. The molecule has 0 unspecified atom stereocenters. The Bertz CT molecular complexity index is 525. The van der Waals surface area contributed by atoms with Gasteiger partial charge in [0.15, 0.2) is 0 Å². The first-order valence-corrected chi connectivity index (χ1v) is 6.56. The van der Waals surface area contributed by atoms with Gasteiger partial charge in [0.25, 0.3) is 0 Å². The molecule has 0 spiro atoms. The van der Waals surface area contributed by atoms with Crippen LogP contribution >= 0.6 is 0 Å². The van der Waals surface area contributed by atoms with Gasteiger partial charge in [0.05, 0.1) is 0 Å². The Kier molecular flexibility index (Phi) is 4.69. The second-order valence-electron chi connectivity index (χ2n) is 2.69. The summed E-state index contributed by atoms with van der Waals surface area (Å²) in [5.41, 5.74) is -12.8. The highest BCUT2D eigenvalue weighted by Gasteiger charge is 2.67. The summed E-state index contributed by atoms with van der Waals surface area (Å²) in [6.07, 6.45) is -1.08. The lowest BCUT2D eigenvalue weighted by atomic mass is 9.96. The Balaban J connectivity index is 6.40. The normalized spacial score (nSPS) is 14.1. The van der Waals surface area contributed by atoms with Crippen molar-refractivity contribution in [2.24, 2.45) is 0 Å². The number of rotatable bonds is 3. The molecule has 0 aliphatic rings. The van der Waals surface area contributed by atoms with Crippen molar-refractivity contribution < 1.29 is 56.6 Å². The molecular weight excluding hydrogens is 335 g/mol. The van der Waals surface area contributed by atoms with Crippen molar-refractivity contribution in [3.8, 4) is 0 Å². The average molecular weight is 338 g/mol. The van der Waals surface area contributed by atoms with Gasteiger partial charge in [0.2, 0.25) is 6.11 Å². The van der Waals surface area contributed by atoms with Crippen LogP contribution in [0.4, 0.5) is 26.3 Å². The first kappa shape index (κ1) is 18.1. The molecule has 0 fully saturated rings. The largest absolute Gasteiger partial charge is 0.561 e. The Morgan fingerprint density at radius 3 is 1.26 bits per heavy atom. The third-order valence-corrected chi connectivity index (χ3v) is 4.85. The van der Waals surface area contributed by atoms with Crippen molar-refractivity contribution in [2.75, 3.05) is 0 Å². The standard InChI is InChI=1S/C3H3BF6NO6S2/c5-2(6,7)18(14,15)11(1-4(12)13)19(16,17)3(8,9)10/h1,12-13H/q+1. The second-order valence-corrected chi connectivity index (χ2v) is 6.53. The molecule has 112 valence electrons. The SMILES string of the molecule is O=S(=O)([N+](=CB(O)O)S(=O)(=O)C(F)(F)F)C(F)(F)F. The summed E-state index contributed by atoms with van der Waals surface area (Å²) in [6, 6.07) is 0. The molecule has 7 nitrogen and oxygen atoms in total. The van der Waals surface area contributed by atoms with E-state index in [0.717, 1.165) is 0 Å². The summed E-state index contributed by atoms with van der Waals surface area (Å²) in [5, 5.41) is 16.4. The fourth-order valence-corrected chi connectivity index (χ4v) is 3.09. The molecule has 0 aromatic heterocycles. The van der Waals surface area contributed by atoms with Crippen LogP contribution < -0.4 is 0 Å².